The summed E-state index contributed by atoms with van der Waals surface area (Å²) >= 11 is 7.46. The SMILES string of the molecule is Brc1cc2c(cc1C(Br)C1CCCOC1)OCCO2. The van der Waals surface area contributed by atoms with Crippen molar-refractivity contribution in [1.29, 1.82) is 0 Å². The lowest BCUT2D eigenvalue weighted by Crippen LogP contribution is -2.21. The average Bonchev–Trinajstić information content (AvgIpc) is 2.47. The molecule has 5 heteroatoms. The molecule has 3 rings (SSSR count). The van der Waals surface area contributed by atoms with Crippen molar-refractivity contribution in [1.82, 2.24) is 0 Å². The first kappa shape index (κ1) is 13.7. The Morgan fingerprint density at radius 3 is 2.53 bits per heavy atom. The van der Waals surface area contributed by atoms with E-state index in [1.165, 1.54) is 12.0 Å². The van der Waals surface area contributed by atoms with Crippen molar-refractivity contribution in [3.63, 3.8) is 0 Å². The van der Waals surface area contributed by atoms with E-state index in [0.29, 0.717) is 19.1 Å². The van der Waals surface area contributed by atoms with E-state index in [2.05, 4.69) is 37.9 Å². The van der Waals surface area contributed by atoms with E-state index >= 15 is 0 Å². The number of hydrogen-bond donors (Lipinski definition) is 0. The lowest BCUT2D eigenvalue weighted by atomic mass is 9.94. The number of ether oxygens (including phenoxy) is 3. The molecule has 3 nitrogen and oxygen atoms in total. The quantitative estimate of drug-likeness (QED) is 0.711. The minimum absolute atomic E-state index is 0.276. The van der Waals surface area contributed by atoms with Gasteiger partial charge in [-0.05, 0) is 36.5 Å². The molecule has 1 saturated heterocycles. The fourth-order valence-electron chi connectivity index (χ4n) is 2.54. The van der Waals surface area contributed by atoms with Crippen molar-refractivity contribution in [2.45, 2.75) is 17.7 Å². The molecule has 0 amide bonds. The van der Waals surface area contributed by atoms with Gasteiger partial charge in [-0.15, -0.1) is 0 Å². The topological polar surface area (TPSA) is 27.7 Å². The molecule has 0 N–H and O–H groups in total. The van der Waals surface area contributed by atoms with Crippen molar-refractivity contribution in [3.05, 3.63) is 22.2 Å². The van der Waals surface area contributed by atoms with Crippen LogP contribution in [-0.4, -0.2) is 26.4 Å². The number of fused-ring (bicyclic) bond motifs is 1. The highest BCUT2D eigenvalue weighted by Gasteiger charge is 2.27. The summed E-state index contributed by atoms with van der Waals surface area (Å²) in [6.45, 7) is 2.94. The Bertz CT molecular complexity index is 458. The molecule has 2 atom stereocenters. The van der Waals surface area contributed by atoms with Gasteiger partial charge in [0.2, 0.25) is 0 Å². The Morgan fingerprint density at radius 1 is 1.11 bits per heavy atom. The molecule has 2 unspecified atom stereocenters. The molecular weight excluding hydrogens is 376 g/mol. The first-order valence-corrected chi connectivity index (χ1v) is 8.27. The van der Waals surface area contributed by atoms with Crippen LogP contribution in [-0.2, 0) is 4.74 Å². The van der Waals surface area contributed by atoms with Gasteiger partial charge >= 0.3 is 0 Å². The average molecular weight is 392 g/mol. The highest BCUT2D eigenvalue weighted by atomic mass is 79.9. The summed E-state index contributed by atoms with van der Waals surface area (Å²) in [6, 6.07) is 4.08. The molecule has 2 aliphatic heterocycles. The molecule has 0 bridgehead atoms. The van der Waals surface area contributed by atoms with Gasteiger partial charge in [0.1, 0.15) is 13.2 Å². The summed E-state index contributed by atoms with van der Waals surface area (Å²) in [4.78, 5) is 0.276. The number of hydrogen-bond acceptors (Lipinski definition) is 3. The third-order valence-electron chi connectivity index (χ3n) is 3.57. The summed E-state index contributed by atoms with van der Waals surface area (Å²) in [5.74, 6) is 2.17. The molecule has 1 fully saturated rings. The molecule has 0 saturated carbocycles. The van der Waals surface area contributed by atoms with Gasteiger partial charge in [0.25, 0.3) is 0 Å². The molecule has 0 spiro atoms. The van der Waals surface area contributed by atoms with Gasteiger partial charge < -0.3 is 14.2 Å². The van der Waals surface area contributed by atoms with Crippen LogP contribution >= 0.6 is 31.9 Å². The van der Waals surface area contributed by atoms with Crippen LogP contribution < -0.4 is 9.47 Å². The van der Waals surface area contributed by atoms with Crippen molar-refractivity contribution in [2.24, 2.45) is 5.92 Å². The number of benzene rings is 1. The van der Waals surface area contributed by atoms with Gasteiger partial charge in [0, 0.05) is 15.9 Å². The standard InChI is InChI=1S/C14H16Br2O3/c15-11-7-13-12(18-4-5-19-13)6-10(11)14(16)9-2-1-3-17-8-9/h6-7,9,14H,1-5,8H2. The second-order valence-electron chi connectivity index (χ2n) is 4.90. The lowest BCUT2D eigenvalue weighted by Gasteiger charge is -2.28. The van der Waals surface area contributed by atoms with Crippen LogP contribution in [0.2, 0.25) is 0 Å². The Labute approximate surface area is 129 Å². The van der Waals surface area contributed by atoms with Gasteiger partial charge in [-0.2, -0.15) is 0 Å². The van der Waals surface area contributed by atoms with Crippen LogP contribution in [0.1, 0.15) is 23.2 Å². The summed E-state index contributed by atoms with van der Waals surface area (Å²) in [7, 11) is 0. The van der Waals surface area contributed by atoms with Crippen LogP contribution in [0.4, 0.5) is 0 Å². The molecule has 2 aliphatic rings. The molecule has 0 aromatic heterocycles. The molecule has 0 radical (unpaired) electrons. The largest absolute Gasteiger partial charge is 0.486 e. The highest BCUT2D eigenvalue weighted by Crippen LogP contribution is 2.44. The van der Waals surface area contributed by atoms with E-state index in [4.69, 9.17) is 14.2 Å². The molecular formula is C14H16Br2O3. The van der Waals surface area contributed by atoms with Crippen molar-refractivity contribution < 1.29 is 14.2 Å². The minimum atomic E-state index is 0.276. The van der Waals surface area contributed by atoms with Crippen LogP contribution in [0.5, 0.6) is 11.5 Å². The maximum absolute atomic E-state index is 5.66. The lowest BCUT2D eigenvalue weighted by molar-refractivity contribution is 0.0545. The maximum Gasteiger partial charge on any atom is 0.162 e. The minimum Gasteiger partial charge on any atom is -0.486 e. The van der Waals surface area contributed by atoms with Crippen LogP contribution in [0.15, 0.2) is 16.6 Å². The Kier molecular flexibility index (Phi) is 4.34. The first-order chi connectivity index (χ1) is 9.25. The second kappa shape index (κ2) is 6.02. The van der Waals surface area contributed by atoms with Gasteiger partial charge in [-0.25, -0.2) is 0 Å². The van der Waals surface area contributed by atoms with Gasteiger partial charge in [-0.3, -0.25) is 0 Å². The highest BCUT2D eigenvalue weighted by molar-refractivity contribution is 9.11. The van der Waals surface area contributed by atoms with Crippen LogP contribution in [0, 0.1) is 5.92 Å². The van der Waals surface area contributed by atoms with Crippen LogP contribution in [0.3, 0.4) is 0 Å². The number of halogens is 2. The summed E-state index contributed by atoms with van der Waals surface area (Å²) < 4.78 is 17.9. The van der Waals surface area contributed by atoms with E-state index in [9.17, 15) is 0 Å². The summed E-state index contributed by atoms with van der Waals surface area (Å²) in [5.41, 5.74) is 1.21. The zero-order chi connectivity index (χ0) is 13.2. The Balaban J connectivity index is 1.86. The molecule has 1 aromatic carbocycles. The predicted octanol–water partition coefficient (Wildman–Crippen LogP) is 4.08. The van der Waals surface area contributed by atoms with Crippen molar-refractivity contribution >= 4 is 31.9 Å². The molecule has 1 aromatic rings. The summed E-state index contributed by atoms with van der Waals surface area (Å²) in [6.07, 6.45) is 2.33. The van der Waals surface area contributed by atoms with Crippen molar-refractivity contribution in [2.75, 3.05) is 26.4 Å². The third-order valence-corrected chi connectivity index (χ3v) is 5.50. The normalized spacial score (nSPS) is 24.0. The number of alkyl halides is 1. The van der Waals surface area contributed by atoms with E-state index < -0.39 is 0 Å². The molecule has 19 heavy (non-hydrogen) atoms. The van der Waals surface area contributed by atoms with E-state index in [1.807, 2.05) is 6.07 Å². The smallest absolute Gasteiger partial charge is 0.162 e. The Morgan fingerprint density at radius 2 is 1.84 bits per heavy atom. The van der Waals surface area contributed by atoms with Gasteiger partial charge in [0.15, 0.2) is 11.5 Å². The molecule has 2 heterocycles. The van der Waals surface area contributed by atoms with Gasteiger partial charge in [0.05, 0.1) is 6.61 Å². The maximum atomic E-state index is 5.66. The zero-order valence-electron chi connectivity index (χ0n) is 10.5. The van der Waals surface area contributed by atoms with Crippen LogP contribution in [0.25, 0.3) is 0 Å². The van der Waals surface area contributed by atoms with E-state index in [0.717, 1.165) is 35.6 Å². The third kappa shape index (κ3) is 2.93. The molecule has 104 valence electrons. The zero-order valence-corrected chi connectivity index (χ0v) is 13.7. The molecule has 0 aliphatic carbocycles. The number of rotatable bonds is 2. The fraction of sp³-hybridized carbons (Fsp3) is 0.571. The first-order valence-electron chi connectivity index (χ1n) is 6.56. The Hall–Kier alpha value is -0.260. The van der Waals surface area contributed by atoms with Crippen molar-refractivity contribution in [3.8, 4) is 11.5 Å². The van der Waals surface area contributed by atoms with E-state index in [1.54, 1.807) is 0 Å². The second-order valence-corrected chi connectivity index (χ2v) is 6.74. The predicted molar refractivity (Wildman–Crippen MR) is 80.3 cm³/mol. The summed E-state index contributed by atoms with van der Waals surface area (Å²) in [5, 5.41) is 0. The fourth-order valence-corrected chi connectivity index (χ4v) is 4.21. The monoisotopic (exact) mass is 390 g/mol. The van der Waals surface area contributed by atoms with Gasteiger partial charge in [-0.1, -0.05) is 31.9 Å². The van der Waals surface area contributed by atoms with E-state index in [-0.39, 0.29) is 4.83 Å².